The second-order valence-corrected chi connectivity index (χ2v) is 8.04. The molecule has 112 valence electrons. The average Bonchev–Trinajstić information content (AvgIpc) is 2.54. The fourth-order valence-corrected chi connectivity index (χ4v) is 3.95. The minimum Gasteiger partial charge on any atom is -0.396 e. The van der Waals surface area contributed by atoms with Crippen molar-refractivity contribution in [2.45, 2.75) is 38.0 Å². The molecule has 0 amide bonds. The van der Waals surface area contributed by atoms with E-state index in [1.807, 2.05) is 0 Å². The van der Waals surface area contributed by atoms with Crippen molar-refractivity contribution in [1.29, 1.82) is 0 Å². The van der Waals surface area contributed by atoms with Gasteiger partial charge in [0.1, 0.15) is 5.82 Å². The molecule has 1 fully saturated rings. The van der Waals surface area contributed by atoms with Gasteiger partial charge in [-0.15, -0.1) is 0 Å². The summed E-state index contributed by atoms with van der Waals surface area (Å²) in [6.45, 7) is 5.25. The van der Waals surface area contributed by atoms with Gasteiger partial charge in [0.15, 0.2) is 0 Å². The van der Waals surface area contributed by atoms with Crippen molar-refractivity contribution in [2.24, 2.45) is 5.41 Å². The van der Waals surface area contributed by atoms with Crippen LogP contribution in [-0.2, 0) is 10.0 Å². The monoisotopic (exact) mass is 300 g/mol. The summed E-state index contributed by atoms with van der Waals surface area (Å²) >= 11 is 0. The summed E-state index contributed by atoms with van der Waals surface area (Å²) in [5.41, 5.74) is 5.50. The van der Waals surface area contributed by atoms with E-state index >= 15 is 0 Å². The maximum absolute atomic E-state index is 13.5. The predicted molar refractivity (Wildman–Crippen MR) is 77.2 cm³/mol. The molecule has 1 aromatic carbocycles. The van der Waals surface area contributed by atoms with E-state index in [0.29, 0.717) is 13.1 Å². The summed E-state index contributed by atoms with van der Waals surface area (Å²) in [6, 6.07) is 3.66. The molecular weight excluding hydrogens is 279 g/mol. The second-order valence-electron chi connectivity index (χ2n) is 6.11. The minimum atomic E-state index is -3.64. The van der Waals surface area contributed by atoms with Crippen LogP contribution in [0, 0.1) is 11.2 Å². The molecule has 0 aromatic heterocycles. The van der Waals surface area contributed by atoms with Crippen LogP contribution in [0.25, 0.3) is 0 Å². The highest BCUT2D eigenvalue weighted by Crippen LogP contribution is 2.32. The van der Waals surface area contributed by atoms with E-state index < -0.39 is 15.8 Å². The molecule has 2 N–H and O–H groups in total. The number of rotatable bonds is 2. The molecule has 4 nitrogen and oxygen atoms in total. The highest BCUT2D eigenvalue weighted by atomic mass is 32.2. The van der Waals surface area contributed by atoms with Gasteiger partial charge in [0.2, 0.25) is 10.0 Å². The van der Waals surface area contributed by atoms with Crippen molar-refractivity contribution in [3.63, 3.8) is 0 Å². The number of nitrogens with zero attached hydrogens (tertiary/aromatic N) is 1. The zero-order valence-corrected chi connectivity index (χ0v) is 12.7. The van der Waals surface area contributed by atoms with Gasteiger partial charge in [-0.2, -0.15) is 4.31 Å². The van der Waals surface area contributed by atoms with Gasteiger partial charge in [0.25, 0.3) is 0 Å². The number of nitrogens with two attached hydrogens (primary N) is 1. The first-order chi connectivity index (χ1) is 9.22. The lowest BCUT2D eigenvalue weighted by Crippen LogP contribution is -2.32. The molecule has 1 aliphatic rings. The lowest BCUT2D eigenvalue weighted by atomic mass is 9.85. The molecule has 6 heteroatoms. The zero-order chi connectivity index (χ0) is 15.0. The van der Waals surface area contributed by atoms with Crippen LogP contribution in [-0.4, -0.2) is 25.8 Å². The number of sulfonamides is 1. The molecule has 2 rings (SSSR count). The third-order valence-electron chi connectivity index (χ3n) is 3.91. The Morgan fingerprint density at radius 3 is 2.60 bits per heavy atom. The van der Waals surface area contributed by atoms with Gasteiger partial charge in [-0.3, -0.25) is 0 Å². The third-order valence-corrected chi connectivity index (χ3v) is 5.80. The van der Waals surface area contributed by atoms with Crippen LogP contribution < -0.4 is 5.73 Å². The maximum Gasteiger partial charge on any atom is 0.243 e. The highest BCUT2D eigenvalue weighted by Gasteiger charge is 2.30. The van der Waals surface area contributed by atoms with Crippen LogP contribution in [0.5, 0.6) is 0 Å². The quantitative estimate of drug-likeness (QED) is 0.854. The van der Waals surface area contributed by atoms with Gasteiger partial charge in [-0.25, -0.2) is 12.8 Å². The molecule has 0 radical (unpaired) electrons. The van der Waals surface area contributed by atoms with Gasteiger partial charge >= 0.3 is 0 Å². The van der Waals surface area contributed by atoms with Crippen molar-refractivity contribution in [3.8, 4) is 0 Å². The topological polar surface area (TPSA) is 63.4 Å². The maximum atomic E-state index is 13.5. The molecular formula is C14H21FN2O2S. The normalized spacial score (nSPS) is 20.6. The third kappa shape index (κ3) is 3.12. The fraction of sp³-hybridized carbons (Fsp3) is 0.571. The van der Waals surface area contributed by atoms with Gasteiger partial charge in [-0.1, -0.05) is 13.8 Å². The summed E-state index contributed by atoms with van der Waals surface area (Å²) in [5, 5.41) is 0. The van der Waals surface area contributed by atoms with Crippen molar-refractivity contribution < 1.29 is 12.8 Å². The largest absolute Gasteiger partial charge is 0.396 e. The van der Waals surface area contributed by atoms with Crippen LogP contribution in [0.1, 0.15) is 33.1 Å². The number of hydrogen-bond acceptors (Lipinski definition) is 3. The number of halogens is 1. The summed E-state index contributed by atoms with van der Waals surface area (Å²) in [4.78, 5) is -0.0242. The Kier molecular flexibility index (Phi) is 4.07. The summed E-state index contributed by atoms with van der Waals surface area (Å²) < 4.78 is 40.0. The molecule has 1 heterocycles. The van der Waals surface area contributed by atoms with Crippen molar-refractivity contribution in [2.75, 3.05) is 18.8 Å². The van der Waals surface area contributed by atoms with Crippen LogP contribution >= 0.6 is 0 Å². The molecule has 0 aliphatic carbocycles. The number of hydrogen-bond donors (Lipinski definition) is 1. The first kappa shape index (κ1) is 15.3. The van der Waals surface area contributed by atoms with Gasteiger partial charge in [-0.05, 0) is 42.9 Å². The highest BCUT2D eigenvalue weighted by molar-refractivity contribution is 7.89. The lowest BCUT2D eigenvalue weighted by Gasteiger charge is -2.23. The van der Waals surface area contributed by atoms with E-state index in [1.165, 1.54) is 16.4 Å². The fourth-order valence-electron chi connectivity index (χ4n) is 2.46. The molecule has 0 atom stereocenters. The van der Waals surface area contributed by atoms with Crippen LogP contribution in [0.3, 0.4) is 0 Å². The van der Waals surface area contributed by atoms with Crippen molar-refractivity contribution >= 4 is 15.7 Å². The minimum absolute atomic E-state index is 0.0242. The SMILES string of the molecule is CC1(C)CCCN(S(=O)(=O)c2ccc(N)c(F)c2)CC1. The Hall–Kier alpha value is -1.14. The molecule has 20 heavy (non-hydrogen) atoms. The predicted octanol–water partition coefficient (Wildman–Crippen LogP) is 2.61. The van der Waals surface area contributed by atoms with E-state index in [2.05, 4.69) is 13.8 Å². The van der Waals surface area contributed by atoms with Crippen LogP contribution in [0.15, 0.2) is 23.1 Å². The van der Waals surface area contributed by atoms with Crippen LogP contribution in [0.4, 0.5) is 10.1 Å². The lowest BCUT2D eigenvalue weighted by molar-refractivity contribution is 0.315. The van der Waals surface area contributed by atoms with Gasteiger partial charge in [0.05, 0.1) is 10.6 Å². The van der Waals surface area contributed by atoms with E-state index in [0.717, 1.165) is 25.3 Å². The molecule has 1 saturated heterocycles. The Morgan fingerprint density at radius 2 is 1.95 bits per heavy atom. The Bertz CT molecular complexity index is 599. The number of benzene rings is 1. The van der Waals surface area contributed by atoms with E-state index in [1.54, 1.807) is 0 Å². The molecule has 0 bridgehead atoms. The zero-order valence-electron chi connectivity index (χ0n) is 11.9. The summed E-state index contributed by atoms with van der Waals surface area (Å²) in [7, 11) is -3.64. The standard InChI is InChI=1S/C14H21FN2O2S/c1-14(2)6-3-8-17(9-7-14)20(18,19)11-4-5-13(16)12(15)10-11/h4-5,10H,3,6-9,16H2,1-2H3. The first-order valence-electron chi connectivity index (χ1n) is 6.78. The van der Waals surface area contributed by atoms with Crippen LogP contribution in [0.2, 0.25) is 0 Å². The van der Waals surface area contributed by atoms with Gasteiger partial charge < -0.3 is 5.73 Å². The first-order valence-corrected chi connectivity index (χ1v) is 8.22. The molecule has 0 unspecified atom stereocenters. The molecule has 1 aliphatic heterocycles. The van der Waals surface area contributed by atoms with Crippen molar-refractivity contribution in [1.82, 2.24) is 4.31 Å². The average molecular weight is 300 g/mol. The number of nitrogen functional groups attached to an aromatic ring is 1. The summed E-state index contributed by atoms with van der Waals surface area (Å²) in [6.07, 6.45) is 2.63. The van der Waals surface area contributed by atoms with Gasteiger partial charge in [0, 0.05) is 13.1 Å². The Labute approximate surface area is 119 Å². The molecule has 0 spiro atoms. The molecule has 0 saturated carbocycles. The molecule has 1 aromatic rings. The van der Waals surface area contributed by atoms with E-state index in [-0.39, 0.29) is 16.0 Å². The van der Waals surface area contributed by atoms with E-state index in [4.69, 9.17) is 5.73 Å². The smallest absolute Gasteiger partial charge is 0.243 e. The number of anilines is 1. The van der Waals surface area contributed by atoms with E-state index in [9.17, 15) is 12.8 Å². The summed E-state index contributed by atoms with van der Waals surface area (Å²) in [5.74, 6) is -0.693. The second kappa shape index (κ2) is 5.33. The Balaban J connectivity index is 2.28. The van der Waals surface area contributed by atoms with Crippen molar-refractivity contribution in [3.05, 3.63) is 24.0 Å². The Morgan fingerprint density at radius 1 is 1.25 bits per heavy atom.